The fraction of sp³-hybridized carbons (Fsp3) is 0.694. The highest BCUT2D eigenvalue weighted by Crippen LogP contribution is 2.34. The third-order valence-corrected chi connectivity index (χ3v) is 9.39. The SMILES string of the molecule is C/C(CCC(=O)OC(C)C(C)C(=O)CC/C(C)=N/NC(=O)C(=O)N/N=C(\C)CCC(=O)OC(C)C(C)C(=O)CCC(C)(C)C(C)(C)N)=N\NC(=O)C(N)=O. The molecule has 0 aromatic rings. The van der Waals surface area contributed by atoms with Crippen molar-refractivity contribution in [2.75, 3.05) is 0 Å². The van der Waals surface area contributed by atoms with Gasteiger partial charge in [0.05, 0.1) is 24.7 Å². The maximum atomic E-state index is 12.7. The minimum atomic E-state index is -1.20. The number of ether oxygens (including phenoxy) is 2. The molecule has 4 unspecified atom stereocenters. The Hall–Kier alpha value is -4.87. The van der Waals surface area contributed by atoms with Crippen molar-refractivity contribution in [3.8, 4) is 0 Å². The fourth-order valence-corrected chi connectivity index (χ4v) is 4.11. The Bertz CT molecular complexity index is 1480. The van der Waals surface area contributed by atoms with E-state index in [9.17, 15) is 38.4 Å². The number of carbonyl (C=O) groups excluding carboxylic acids is 8. The summed E-state index contributed by atoms with van der Waals surface area (Å²) in [5.41, 5.74) is 17.5. The van der Waals surface area contributed by atoms with Gasteiger partial charge in [-0.15, -0.1) is 0 Å². The molecule has 0 spiro atoms. The third-order valence-electron chi connectivity index (χ3n) is 9.39. The number of nitrogens with two attached hydrogens (primary N) is 2. The number of hydrazone groups is 3. The summed E-state index contributed by atoms with van der Waals surface area (Å²) in [6.07, 6.45) is -0.162. The quantitative estimate of drug-likeness (QED) is 0.0461. The summed E-state index contributed by atoms with van der Waals surface area (Å²) in [6, 6.07) is 0. The Kier molecular flexibility index (Phi) is 21.0. The predicted molar refractivity (Wildman–Crippen MR) is 201 cm³/mol. The van der Waals surface area contributed by atoms with Gasteiger partial charge in [-0.1, -0.05) is 27.7 Å². The molecule has 0 radical (unpaired) electrons. The zero-order valence-corrected chi connectivity index (χ0v) is 33.5. The lowest BCUT2D eigenvalue weighted by Crippen LogP contribution is -2.47. The first-order valence-corrected chi connectivity index (χ1v) is 17.8. The van der Waals surface area contributed by atoms with E-state index in [4.69, 9.17) is 20.9 Å². The molecule has 0 saturated carbocycles. The van der Waals surface area contributed by atoms with Crippen molar-refractivity contribution >= 4 is 64.3 Å². The average molecular weight is 765 g/mol. The molecule has 4 atom stereocenters. The van der Waals surface area contributed by atoms with Gasteiger partial charge in [-0.05, 0) is 79.6 Å². The second kappa shape index (κ2) is 23.0. The number of nitrogens with one attached hydrogen (secondary N) is 3. The van der Waals surface area contributed by atoms with E-state index in [2.05, 4.69) is 26.2 Å². The average Bonchev–Trinajstić information content (AvgIpc) is 3.09. The van der Waals surface area contributed by atoms with Gasteiger partial charge in [0.2, 0.25) is 0 Å². The summed E-state index contributed by atoms with van der Waals surface area (Å²) < 4.78 is 10.8. The van der Waals surface area contributed by atoms with Gasteiger partial charge in [0.15, 0.2) is 0 Å². The standard InChI is InChI=1S/C36H60N8O10/c1-20(12-15-27(45)23(4)25(6)53-29(47)16-13-21(2)39-42-32(50)31(37)49)40-43-33(51)34(52)44-41-22(3)14-17-30(48)54-26(7)24(5)28(46)18-19-35(8,9)36(10,11)38/h23-26H,12-19,38H2,1-11H3,(H2,37,49)(H,42,50)(H,43,51)(H,44,52)/b39-21+,40-20+,41-22+. The van der Waals surface area contributed by atoms with E-state index >= 15 is 0 Å². The first-order valence-electron chi connectivity index (χ1n) is 17.8. The second-order valence-corrected chi connectivity index (χ2v) is 14.7. The molecule has 0 rings (SSSR count). The maximum absolute atomic E-state index is 12.7. The van der Waals surface area contributed by atoms with Crippen LogP contribution in [0, 0.1) is 17.3 Å². The molecule has 0 aromatic carbocycles. The van der Waals surface area contributed by atoms with E-state index in [-0.39, 0.29) is 55.5 Å². The zero-order chi connectivity index (χ0) is 42.0. The Morgan fingerprint density at radius 3 is 1.24 bits per heavy atom. The molecule has 54 heavy (non-hydrogen) atoms. The summed E-state index contributed by atoms with van der Waals surface area (Å²) in [5.74, 6) is -7.02. The van der Waals surface area contributed by atoms with Gasteiger partial charge in [-0.3, -0.25) is 38.4 Å². The first-order chi connectivity index (χ1) is 24.8. The lowest BCUT2D eigenvalue weighted by atomic mass is 9.71. The normalized spacial score (nSPS) is 14.9. The van der Waals surface area contributed by atoms with E-state index in [1.165, 1.54) is 6.92 Å². The monoisotopic (exact) mass is 764 g/mol. The second-order valence-electron chi connectivity index (χ2n) is 14.7. The molecule has 0 aliphatic rings. The van der Waals surface area contributed by atoms with Crippen molar-refractivity contribution in [2.24, 2.45) is 44.0 Å². The van der Waals surface area contributed by atoms with E-state index in [1.54, 1.807) is 41.5 Å². The molecule has 0 aromatic heterocycles. The minimum absolute atomic E-state index is 0.0220. The van der Waals surface area contributed by atoms with Crippen molar-refractivity contribution in [2.45, 2.75) is 145 Å². The maximum Gasteiger partial charge on any atom is 0.331 e. The van der Waals surface area contributed by atoms with Crippen molar-refractivity contribution < 1.29 is 47.8 Å². The van der Waals surface area contributed by atoms with Crippen molar-refractivity contribution in [3.63, 3.8) is 0 Å². The number of hydrogen-bond acceptors (Lipinski definition) is 14. The van der Waals surface area contributed by atoms with Crippen LogP contribution in [0.3, 0.4) is 0 Å². The summed E-state index contributed by atoms with van der Waals surface area (Å²) in [4.78, 5) is 96.2. The summed E-state index contributed by atoms with van der Waals surface area (Å²) in [5, 5.41) is 11.3. The van der Waals surface area contributed by atoms with Gasteiger partial charge in [0.1, 0.15) is 23.8 Å². The molecule has 0 fully saturated rings. The van der Waals surface area contributed by atoms with Gasteiger partial charge in [0, 0.05) is 35.5 Å². The van der Waals surface area contributed by atoms with Crippen LogP contribution >= 0.6 is 0 Å². The van der Waals surface area contributed by atoms with Crippen LogP contribution in [0.4, 0.5) is 0 Å². The molecule has 18 nitrogen and oxygen atoms in total. The highest BCUT2D eigenvalue weighted by molar-refractivity contribution is 6.35. The molecule has 18 heteroatoms. The van der Waals surface area contributed by atoms with Crippen LogP contribution in [0.25, 0.3) is 0 Å². The van der Waals surface area contributed by atoms with Gasteiger partial charge < -0.3 is 20.9 Å². The van der Waals surface area contributed by atoms with E-state index < -0.39 is 65.1 Å². The highest BCUT2D eigenvalue weighted by Gasteiger charge is 2.34. The minimum Gasteiger partial charge on any atom is -0.462 e. The van der Waals surface area contributed by atoms with Crippen LogP contribution in [-0.4, -0.2) is 82.0 Å². The van der Waals surface area contributed by atoms with Gasteiger partial charge in [-0.2, -0.15) is 15.3 Å². The van der Waals surface area contributed by atoms with Crippen LogP contribution < -0.4 is 27.7 Å². The number of Topliss-reactive ketones (excluding diaryl/α,β-unsaturated/α-hetero) is 2. The molecule has 0 heterocycles. The van der Waals surface area contributed by atoms with Crippen LogP contribution in [0.1, 0.15) is 128 Å². The van der Waals surface area contributed by atoms with Crippen molar-refractivity contribution in [1.82, 2.24) is 16.3 Å². The van der Waals surface area contributed by atoms with Crippen LogP contribution in [0.5, 0.6) is 0 Å². The summed E-state index contributed by atoms with van der Waals surface area (Å²) >= 11 is 0. The Balaban J connectivity index is 4.65. The number of esters is 2. The van der Waals surface area contributed by atoms with Gasteiger partial charge in [0.25, 0.3) is 0 Å². The number of amides is 4. The van der Waals surface area contributed by atoms with E-state index in [0.29, 0.717) is 30.0 Å². The number of hydrogen-bond donors (Lipinski definition) is 5. The molecular weight excluding hydrogens is 704 g/mol. The van der Waals surface area contributed by atoms with Gasteiger partial charge >= 0.3 is 35.6 Å². The number of primary amides is 1. The summed E-state index contributed by atoms with van der Waals surface area (Å²) in [6.45, 7) is 19.1. The van der Waals surface area contributed by atoms with Gasteiger partial charge in [-0.25, -0.2) is 16.3 Å². The fourth-order valence-electron chi connectivity index (χ4n) is 4.11. The first kappa shape index (κ1) is 49.1. The molecule has 7 N–H and O–H groups in total. The molecular formula is C36H60N8O10. The predicted octanol–water partition coefficient (Wildman–Crippen LogP) is 2.11. The number of ketones is 2. The van der Waals surface area contributed by atoms with Crippen LogP contribution in [0.2, 0.25) is 0 Å². The van der Waals surface area contributed by atoms with Crippen LogP contribution in [-0.2, 0) is 47.8 Å². The summed E-state index contributed by atoms with van der Waals surface area (Å²) in [7, 11) is 0. The number of rotatable bonds is 22. The lowest BCUT2D eigenvalue weighted by Gasteiger charge is -2.38. The van der Waals surface area contributed by atoms with E-state index in [0.717, 1.165) is 0 Å². The number of carbonyl (C=O) groups is 8. The topological polar surface area (TPSA) is 280 Å². The lowest BCUT2D eigenvalue weighted by molar-refractivity contribution is -0.153. The Labute approximate surface area is 317 Å². The molecule has 0 saturated heterocycles. The zero-order valence-electron chi connectivity index (χ0n) is 33.5. The Morgan fingerprint density at radius 1 is 0.556 bits per heavy atom. The van der Waals surface area contributed by atoms with Crippen molar-refractivity contribution in [1.29, 1.82) is 0 Å². The third kappa shape index (κ3) is 19.3. The number of nitrogens with zero attached hydrogens (tertiary/aromatic N) is 3. The molecule has 4 amide bonds. The molecule has 0 aliphatic heterocycles. The van der Waals surface area contributed by atoms with Crippen LogP contribution in [0.15, 0.2) is 15.3 Å². The smallest absolute Gasteiger partial charge is 0.331 e. The van der Waals surface area contributed by atoms with E-state index in [1.807, 2.05) is 33.1 Å². The van der Waals surface area contributed by atoms with Crippen molar-refractivity contribution in [3.05, 3.63) is 0 Å². The largest absolute Gasteiger partial charge is 0.462 e. The Morgan fingerprint density at radius 2 is 0.889 bits per heavy atom. The highest BCUT2D eigenvalue weighted by atomic mass is 16.5. The molecule has 0 aliphatic carbocycles. The molecule has 304 valence electrons. The molecule has 0 bridgehead atoms.